The Morgan fingerprint density at radius 1 is 0.905 bits per heavy atom. The first-order valence-corrected chi connectivity index (χ1v) is 6.57. The zero-order chi connectivity index (χ0) is 14.8. The highest BCUT2D eigenvalue weighted by atomic mass is 19.1. The Morgan fingerprint density at radius 2 is 1.67 bits per heavy atom. The summed E-state index contributed by atoms with van der Waals surface area (Å²) < 4.78 is 13.3. The van der Waals surface area contributed by atoms with Crippen LogP contribution in [0.3, 0.4) is 0 Å². The van der Waals surface area contributed by atoms with Crippen LogP contribution in [0.1, 0.15) is 5.56 Å². The number of phenols is 2. The molecule has 0 saturated heterocycles. The maximum absolute atomic E-state index is 13.3. The second kappa shape index (κ2) is 5.32. The molecule has 0 radical (unpaired) electrons. The highest BCUT2D eigenvalue weighted by Gasteiger charge is 2.07. The van der Waals surface area contributed by atoms with Crippen LogP contribution in [0.25, 0.3) is 10.8 Å². The molecule has 0 heterocycles. The summed E-state index contributed by atoms with van der Waals surface area (Å²) >= 11 is 0. The minimum Gasteiger partial charge on any atom is -0.508 e. The van der Waals surface area contributed by atoms with Crippen molar-refractivity contribution in [3.63, 3.8) is 0 Å². The number of anilines is 1. The third-order valence-corrected chi connectivity index (χ3v) is 3.43. The van der Waals surface area contributed by atoms with E-state index in [1.54, 1.807) is 12.1 Å². The van der Waals surface area contributed by atoms with E-state index in [9.17, 15) is 14.6 Å². The molecule has 0 saturated carbocycles. The minimum absolute atomic E-state index is 0.195. The van der Waals surface area contributed by atoms with Crippen molar-refractivity contribution < 1.29 is 14.6 Å². The van der Waals surface area contributed by atoms with Gasteiger partial charge in [0.1, 0.15) is 5.75 Å². The van der Waals surface area contributed by atoms with Gasteiger partial charge in [-0.1, -0.05) is 30.3 Å². The molecule has 106 valence electrons. The van der Waals surface area contributed by atoms with Crippen LogP contribution in [0.15, 0.2) is 54.6 Å². The van der Waals surface area contributed by atoms with Crippen molar-refractivity contribution in [2.75, 3.05) is 5.32 Å². The average Bonchev–Trinajstić information content (AvgIpc) is 2.50. The normalized spacial score (nSPS) is 10.7. The van der Waals surface area contributed by atoms with Crippen LogP contribution in [-0.2, 0) is 6.54 Å². The highest BCUT2D eigenvalue weighted by molar-refractivity contribution is 5.87. The van der Waals surface area contributed by atoms with Gasteiger partial charge in [-0.15, -0.1) is 0 Å². The van der Waals surface area contributed by atoms with E-state index in [0.717, 1.165) is 16.3 Å². The Labute approximate surface area is 121 Å². The van der Waals surface area contributed by atoms with Gasteiger partial charge in [0.2, 0.25) is 0 Å². The van der Waals surface area contributed by atoms with Gasteiger partial charge in [-0.05, 0) is 29.0 Å². The van der Waals surface area contributed by atoms with E-state index in [-0.39, 0.29) is 11.5 Å². The van der Waals surface area contributed by atoms with Gasteiger partial charge in [-0.25, -0.2) is 4.39 Å². The van der Waals surface area contributed by atoms with E-state index in [0.29, 0.717) is 12.2 Å². The van der Waals surface area contributed by atoms with Gasteiger partial charge in [0.25, 0.3) is 0 Å². The molecule has 0 aliphatic carbocycles. The molecule has 0 aliphatic rings. The molecule has 0 spiro atoms. The van der Waals surface area contributed by atoms with Crippen LogP contribution in [0.4, 0.5) is 10.1 Å². The molecule has 0 amide bonds. The van der Waals surface area contributed by atoms with E-state index >= 15 is 0 Å². The largest absolute Gasteiger partial charge is 0.508 e. The van der Waals surface area contributed by atoms with Gasteiger partial charge < -0.3 is 15.5 Å². The van der Waals surface area contributed by atoms with Gasteiger partial charge in [-0.3, -0.25) is 0 Å². The first-order chi connectivity index (χ1) is 10.1. The van der Waals surface area contributed by atoms with Crippen LogP contribution in [0.5, 0.6) is 11.5 Å². The summed E-state index contributed by atoms with van der Waals surface area (Å²) in [5.74, 6) is -0.865. The van der Waals surface area contributed by atoms with Gasteiger partial charge >= 0.3 is 0 Å². The average molecular weight is 283 g/mol. The van der Waals surface area contributed by atoms with Gasteiger partial charge in [0, 0.05) is 23.9 Å². The van der Waals surface area contributed by atoms with E-state index in [1.807, 2.05) is 30.3 Å². The van der Waals surface area contributed by atoms with E-state index in [1.165, 1.54) is 12.1 Å². The fourth-order valence-electron chi connectivity index (χ4n) is 2.32. The molecule has 3 nitrogen and oxygen atoms in total. The maximum atomic E-state index is 13.3. The molecule has 3 aromatic carbocycles. The summed E-state index contributed by atoms with van der Waals surface area (Å²) in [6.07, 6.45) is 0. The molecular weight excluding hydrogens is 269 g/mol. The van der Waals surface area contributed by atoms with Crippen LogP contribution in [0.2, 0.25) is 0 Å². The Bertz CT molecular complexity index is 802. The smallest absolute Gasteiger partial charge is 0.166 e. The van der Waals surface area contributed by atoms with Crippen molar-refractivity contribution in [3.05, 3.63) is 66.0 Å². The molecule has 0 aromatic heterocycles. The zero-order valence-electron chi connectivity index (χ0n) is 11.2. The Kier molecular flexibility index (Phi) is 3.36. The predicted molar refractivity (Wildman–Crippen MR) is 81.0 cm³/mol. The fourth-order valence-corrected chi connectivity index (χ4v) is 2.32. The minimum atomic E-state index is -0.679. The highest BCUT2D eigenvalue weighted by Crippen LogP contribution is 2.28. The molecule has 4 heteroatoms. The molecule has 0 aliphatic heterocycles. The van der Waals surface area contributed by atoms with Crippen molar-refractivity contribution in [2.45, 2.75) is 6.54 Å². The monoisotopic (exact) mass is 283 g/mol. The van der Waals surface area contributed by atoms with Crippen molar-refractivity contribution in [2.24, 2.45) is 0 Å². The summed E-state index contributed by atoms with van der Waals surface area (Å²) in [5.41, 5.74) is 1.29. The fraction of sp³-hybridized carbons (Fsp3) is 0.0588. The molecule has 0 fully saturated rings. The van der Waals surface area contributed by atoms with Gasteiger partial charge in [-0.2, -0.15) is 0 Å². The van der Waals surface area contributed by atoms with Crippen molar-refractivity contribution >= 4 is 16.5 Å². The second-order valence-corrected chi connectivity index (χ2v) is 4.80. The summed E-state index contributed by atoms with van der Waals surface area (Å²) in [4.78, 5) is 0. The number of phenolic OH excluding ortho intramolecular Hbond substituents is 2. The molecule has 3 N–H and O–H groups in total. The van der Waals surface area contributed by atoms with Crippen molar-refractivity contribution in [1.29, 1.82) is 0 Å². The third kappa shape index (κ3) is 2.60. The Balaban J connectivity index is 1.91. The summed E-state index contributed by atoms with van der Waals surface area (Å²) in [7, 11) is 0. The lowest BCUT2D eigenvalue weighted by Gasteiger charge is -2.11. The molecule has 0 bridgehead atoms. The Hall–Kier alpha value is -2.75. The topological polar surface area (TPSA) is 52.5 Å². The standard InChI is InChI=1S/C17H14FNO2/c18-15-9-12(6-8-17(15)21)19-10-14-13-4-2-1-3-11(13)5-7-16(14)20/h1-9,19-21H,10H2. The summed E-state index contributed by atoms with van der Waals surface area (Å²) in [6, 6.07) is 15.4. The predicted octanol–water partition coefficient (Wildman–Crippen LogP) is 4.00. The number of halogens is 1. The maximum Gasteiger partial charge on any atom is 0.166 e. The summed E-state index contributed by atoms with van der Waals surface area (Å²) in [5, 5.41) is 24.2. The second-order valence-electron chi connectivity index (χ2n) is 4.80. The molecule has 0 unspecified atom stereocenters. The molecule has 0 atom stereocenters. The number of fused-ring (bicyclic) bond motifs is 1. The number of aromatic hydroxyl groups is 2. The number of hydrogen-bond acceptors (Lipinski definition) is 3. The van der Waals surface area contributed by atoms with Crippen LogP contribution in [-0.4, -0.2) is 10.2 Å². The van der Waals surface area contributed by atoms with Gasteiger partial charge in [0.15, 0.2) is 11.6 Å². The van der Waals surface area contributed by atoms with Crippen LogP contribution < -0.4 is 5.32 Å². The van der Waals surface area contributed by atoms with E-state index in [4.69, 9.17) is 0 Å². The molecule has 21 heavy (non-hydrogen) atoms. The zero-order valence-corrected chi connectivity index (χ0v) is 11.2. The van der Waals surface area contributed by atoms with Crippen molar-refractivity contribution in [3.8, 4) is 11.5 Å². The summed E-state index contributed by atoms with van der Waals surface area (Å²) in [6.45, 7) is 0.359. The van der Waals surface area contributed by atoms with Crippen molar-refractivity contribution in [1.82, 2.24) is 0 Å². The SMILES string of the molecule is Oc1ccc(NCc2c(O)ccc3ccccc23)cc1F. The quantitative estimate of drug-likeness (QED) is 0.637. The van der Waals surface area contributed by atoms with E-state index < -0.39 is 5.82 Å². The Morgan fingerprint density at radius 3 is 2.48 bits per heavy atom. The third-order valence-electron chi connectivity index (χ3n) is 3.43. The molecular formula is C17H14FNO2. The number of benzene rings is 3. The van der Waals surface area contributed by atoms with Crippen LogP contribution >= 0.6 is 0 Å². The van der Waals surface area contributed by atoms with E-state index in [2.05, 4.69) is 5.32 Å². The lowest BCUT2D eigenvalue weighted by Crippen LogP contribution is -2.01. The van der Waals surface area contributed by atoms with Gasteiger partial charge in [0.05, 0.1) is 0 Å². The number of rotatable bonds is 3. The first-order valence-electron chi connectivity index (χ1n) is 6.57. The number of nitrogens with one attached hydrogen (secondary N) is 1. The number of hydrogen-bond donors (Lipinski definition) is 3. The lowest BCUT2D eigenvalue weighted by atomic mass is 10.0. The molecule has 3 rings (SSSR count). The molecule has 3 aromatic rings. The van der Waals surface area contributed by atoms with Crippen LogP contribution in [0, 0.1) is 5.82 Å². The first kappa shape index (κ1) is 13.2. The lowest BCUT2D eigenvalue weighted by molar-refractivity contribution is 0.432.